The van der Waals surface area contributed by atoms with Gasteiger partial charge in [0, 0.05) is 13.1 Å². The van der Waals surface area contributed by atoms with E-state index in [9.17, 15) is 9.59 Å². The molecular formula is C8H14N2O4. The van der Waals surface area contributed by atoms with Gasteiger partial charge in [0.2, 0.25) is 0 Å². The summed E-state index contributed by atoms with van der Waals surface area (Å²) in [6.07, 6.45) is 0.650. The average molecular weight is 202 g/mol. The van der Waals surface area contributed by atoms with Gasteiger partial charge >= 0.3 is 12.0 Å². The lowest BCUT2D eigenvalue weighted by atomic mass is 10.3. The molecule has 6 heteroatoms. The predicted molar refractivity (Wildman–Crippen MR) is 47.8 cm³/mol. The van der Waals surface area contributed by atoms with Crippen LogP contribution in [0.25, 0.3) is 0 Å². The van der Waals surface area contributed by atoms with E-state index in [4.69, 9.17) is 15.6 Å². The Hall–Kier alpha value is -1.30. The minimum atomic E-state index is -0.880. The van der Waals surface area contributed by atoms with Gasteiger partial charge in [-0.1, -0.05) is 0 Å². The molecule has 0 aliphatic carbocycles. The minimum absolute atomic E-state index is 0.00687. The molecule has 1 atom stereocenters. The van der Waals surface area contributed by atoms with Crippen molar-refractivity contribution < 1.29 is 19.4 Å². The average Bonchev–Trinajstić information content (AvgIpc) is 2.52. The fraction of sp³-hybridized carbons (Fsp3) is 0.750. The summed E-state index contributed by atoms with van der Waals surface area (Å²) in [6, 6.07) is -0.450. The number of aliphatic carboxylic acids is 1. The molecule has 6 nitrogen and oxygen atoms in total. The number of ether oxygens (including phenoxy) is 1. The molecule has 0 aromatic rings. The van der Waals surface area contributed by atoms with Crippen molar-refractivity contribution in [2.75, 3.05) is 19.7 Å². The van der Waals surface area contributed by atoms with E-state index in [1.807, 2.05) is 0 Å². The van der Waals surface area contributed by atoms with E-state index in [0.717, 1.165) is 6.42 Å². The first-order chi connectivity index (χ1) is 6.59. The van der Waals surface area contributed by atoms with Gasteiger partial charge in [-0.05, 0) is 6.42 Å². The fourth-order valence-corrected chi connectivity index (χ4v) is 1.38. The Morgan fingerprint density at radius 2 is 2.29 bits per heavy atom. The normalized spacial score (nSPS) is 21.1. The number of carbonyl (C=O) groups excluding carboxylic acids is 1. The second kappa shape index (κ2) is 4.80. The van der Waals surface area contributed by atoms with Gasteiger partial charge in [0.25, 0.3) is 0 Å². The first kappa shape index (κ1) is 10.8. The molecule has 14 heavy (non-hydrogen) atoms. The summed E-state index contributed by atoms with van der Waals surface area (Å²) in [5.41, 5.74) is 5.07. The minimum Gasteiger partial charge on any atom is -0.481 e. The van der Waals surface area contributed by atoms with E-state index in [-0.39, 0.29) is 19.1 Å². The van der Waals surface area contributed by atoms with Crippen LogP contribution in [-0.4, -0.2) is 47.8 Å². The van der Waals surface area contributed by atoms with Gasteiger partial charge in [0.15, 0.2) is 0 Å². The van der Waals surface area contributed by atoms with Gasteiger partial charge < -0.3 is 20.5 Å². The molecule has 1 saturated heterocycles. The number of carboxylic acid groups (broad SMARTS) is 1. The van der Waals surface area contributed by atoms with Gasteiger partial charge in [-0.3, -0.25) is 4.79 Å². The van der Waals surface area contributed by atoms with Crippen molar-refractivity contribution in [1.29, 1.82) is 0 Å². The lowest BCUT2D eigenvalue weighted by molar-refractivity contribution is -0.138. The van der Waals surface area contributed by atoms with Crippen molar-refractivity contribution in [3.63, 3.8) is 0 Å². The third-order valence-corrected chi connectivity index (χ3v) is 2.13. The van der Waals surface area contributed by atoms with Crippen LogP contribution in [0.4, 0.5) is 4.79 Å². The molecule has 0 aromatic carbocycles. The fourth-order valence-electron chi connectivity index (χ4n) is 1.38. The quantitative estimate of drug-likeness (QED) is 0.650. The van der Waals surface area contributed by atoms with Crippen LogP contribution in [0.1, 0.15) is 12.8 Å². The highest BCUT2D eigenvalue weighted by Gasteiger charge is 2.25. The summed E-state index contributed by atoms with van der Waals surface area (Å²) < 4.78 is 5.26. The van der Waals surface area contributed by atoms with Crippen LogP contribution in [0.2, 0.25) is 0 Å². The Labute approximate surface area is 81.6 Å². The number of nitrogens with zero attached hydrogens (tertiary/aromatic N) is 1. The third kappa shape index (κ3) is 3.21. The number of nitrogens with two attached hydrogens (primary N) is 1. The van der Waals surface area contributed by atoms with E-state index >= 15 is 0 Å². The van der Waals surface area contributed by atoms with Crippen molar-refractivity contribution in [3.05, 3.63) is 0 Å². The molecule has 0 aromatic heterocycles. The van der Waals surface area contributed by atoms with E-state index in [2.05, 4.69) is 0 Å². The summed E-state index contributed by atoms with van der Waals surface area (Å²) in [5, 5.41) is 8.36. The van der Waals surface area contributed by atoms with Crippen molar-refractivity contribution >= 4 is 12.0 Å². The van der Waals surface area contributed by atoms with Crippen molar-refractivity contribution in [2.24, 2.45) is 5.73 Å². The Bertz CT molecular complexity index is 231. The SMILES string of the molecule is NC(=O)N1CCC(OCCC(=O)O)C1. The van der Waals surface area contributed by atoms with Crippen molar-refractivity contribution in [2.45, 2.75) is 18.9 Å². The van der Waals surface area contributed by atoms with Crippen molar-refractivity contribution in [3.8, 4) is 0 Å². The van der Waals surface area contributed by atoms with Gasteiger partial charge in [0.1, 0.15) is 0 Å². The molecular weight excluding hydrogens is 188 g/mol. The van der Waals surface area contributed by atoms with Crippen LogP contribution in [-0.2, 0) is 9.53 Å². The first-order valence-corrected chi connectivity index (χ1v) is 4.47. The van der Waals surface area contributed by atoms with Crippen LogP contribution < -0.4 is 5.73 Å². The van der Waals surface area contributed by atoms with Gasteiger partial charge in [0.05, 0.1) is 19.1 Å². The number of rotatable bonds is 4. The topological polar surface area (TPSA) is 92.9 Å². The van der Waals surface area contributed by atoms with E-state index in [1.165, 1.54) is 4.90 Å². The second-order valence-electron chi connectivity index (χ2n) is 3.21. The summed E-state index contributed by atoms with van der Waals surface area (Å²) in [4.78, 5) is 22.4. The molecule has 1 unspecified atom stereocenters. The maximum atomic E-state index is 10.7. The largest absolute Gasteiger partial charge is 0.481 e. The standard InChI is InChI=1S/C8H14N2O4/c9-8(13)10-3-1-6(5-10)14-4-2-7(11)12/h6H,1-5H2,(H2,9,13)(H,11,12). The number of amides is 2. The number of carboxylic acids is 1. The number of primary amides is 1. The molecule has 1 heterocycles. The second-order valence-corrected chi connectivity index (χ2v) is 3.21. The van der Waals surface area contributed by atoms with E-state index < -0.39 is 12.0 Å². The molecule has 0 saturated carbocycles. The number of hydrogen-bond donors (Lipinski definition) is 2. The molecule has 3 N–H and O–H groups in total. The molecule has 0 spiro atoms. The van der Waals surface area contributed by atoms with Gasteiger partial charge in [-0.2, -0.15) is 0 Å². The summed E-state index contributed by atoms with van der Waals surface area (Å²) in [7, 11) is 0. The molecule has 0 radical (unpaired) electrons. The number of urea groups is 1. The third-order valence-electron chi connectivity index (χ3n) is 2.13. The van der Waals surface area contributed by atoms with Crippen molar-refractivity contribution in [1.82, 2.24) is 4.90 Å². The van der Waals surface area contributed by atoms with Crippen LogP contribution in [0, 0.1) is 0 Å². The zero-order valence-corrected chi connectivity index (χ0v) is 7.81. The van der Waals surface area contributed by atoms with E-state index in [1.54, 1.807) is 0 Å². The smallest absolute Gasteiger partial charge is 0.314 e. The number of hydrogen-bond acceptors (Lipinski definition) is 3. The van der Waals surface area contributed by atoms with Gasteiger partial charge in [-0.25, -0.2) is 4.79 Å². The van der Waals surface area contributed by atoms with Gasteiger partial charge in [-0.15, -0.1) is 0 Å². The number of likely N-dealkylation sites (tertiary alicyclic amines) is 1. The Kier molecular flexibility index (Phi) is 3.70. The lowest BCUT2D eigenvalue weighted by Gasteiger charge is -2.13. The summed E-state index contributed by atoms with van der Waals surface area (Å²) in [6.45, 7) is 1.24. The molecule has 80 valence electrons. The lowest BCUT2D eigenvalue weighted by Crippen LogP contribution is -2.34. The molecule has 1 aliphatic rings. The van der Waals surface area contributed by atoms with Crippen LogP contribution >= 0.6 is 0 Å². The maximum Gasteiger partial charge on any atom is 0.314 e. The summed E-state index contributed by atoms with van der Waals surface area (Å²) >= 11 is 0. The highest BCUT2D eigenvalue weighted by Crippen LogP contribution is 2.12. The van der Waals surface area contributed by atoms with E-state index in [0.29, 0.717) is 13.1 Å². The molecule has 1 fully saturated rings. The Morgan fingerprint density at radius 3 is 2.79 bits per heavy atom. The molecule has 0 bridgehead atoms. The van der Waals surface area contributed by atoms with Crippen LogP contribution in [0.15, 0.2) is 0 Å². The highest BCUT2D eigenvalue weighted by atomic mass is 16.5. The zero-order valence-electron chi connectivity index (χ0n) is 7.81. The molecule has 1 aliphatic heterocycles. The predicted octanol–water partition coefficient (Wildman–Crippen LogP) is -0.369. The summed E-state index contributed by atoms with van der Waals surface area (Å²) in [5.74, 6) is -0.880. The Balaban J connectivity index is 2.16. The highest BCUT2D eigenvalue weighted by molar-refractivity contribution is 5.72. The monoisotopic (exact) mass is 202 g/mol. The first-order valence-electron chi connectivity index (χ1n) is 4.47. The van der Waals surface area contributed by atoms with Crippen LogP contribution in [0.3, 0.4) is 0 Å². The Morgan fingerprint density at radius 1 is 1.57 bits per heavy atom. The maximum absolute atomic E-state index is 10.7. The number of carbonyl (C=O) groups is 2. The van der Waals surface area contributed by atoms with Crippen LogP contribution in [0.5, 0.6) is 0 Å². The molecule has 2 amide bonds. The zero-order chi connectivity index (χ0) is 10.6. The molecule has 1 rings (SSSR count).